The van der Waals surface area contributed by atoms with E-state index in [1.807, 2.05) is 24.4 Å². The number of piperidine rings is 1. The van der Waals surface area contributed by atoms with Gasteiger partial charge in [-0.05, 0) is 49.9 Å². The van der Waals surface area contributed by atoms with E-state index in [1.165, 1.54) is 25.1 Å². The Kier molecular flexibility index (Phi) is 5.02. The monoisotopic (exact) mass is 425 g/mol. The van der Waals surface area contributed by atoms with Crippen molar-refractivity contribution < 1.29 is 0 Å². The van der Waals surface area contributed by atoms with Gasteiger partial charge in [-0.15, -0.1) is 10.2 Å². The molecule has 0 spiro atoms. The molecule has 0 N–H and O–H groups in total. The molecule has 0 radical (unpaired) electrons. The van der Waals surface area contributed by atoms with Crippen molar-refractivity contribution in [3.8, 4) is 11.4 Å². The molecule has 5 heterocycles. The van der Waals surface area contributed by atoms with E-state index in [0.29, 0.717) is 5.92 Å². The summed E-state index contributed by atoms with van der Waals surface area (Å²) in [7, 11) is 0. The molecule has 1 fully saturated rings. The topological polar surface area (TPSA) is 72.6 Å². The van der Waals surface area contributed by atoms with Crippen LogP contribution in [0.4, 0.5) is 5.82 Å². The standard InChI is InChI=1S/C25H27N7/c1-2-12-22-29-30-24(32(22)15-5-1)19-9-7-14-31(17-19)25-20-10-3-4-11-21(20)27-23(28-25)18-8-6-13-26-16-18/h3-4,6,8,10-11,13,16,19H,1-2,5,7,9,12,14-15,17H2. The second-order valence-electron chi connectivity index (χ2n) is 8.85. The van der Waals surface area contributed by atoms with Crippen LogP contribution < -0.4 is 4.90 Å². The summed E-state index contributed by atoms with van der Waals surface area (Å²) < 4.78 is 2.40. The van der Waals surface area contributed by atoms with Crippen LogP contribution in [-0.4, -0.2) is 42.8 Å². The number of benzene rings is 1. The lowest BCUT2D eigenvalue weighted by Gasteiger charge is -2.34. The lowest BCUT2D eigenvalue weighted by Crippen LogP contribution is -2.36. The SMILES string of the molecule is c1cncc(-c2nc(N3CCCC(c4nnc5n4CCCCC5)C3)c3ccccc3n2)c1. The van der Waals surface area contributed by atoms with Crippen LogP contribution in [-0.2, 0) is 13.0 Å². The Balaban J connectivity index is 1.38. The molecule has 1 unspecified atom stereocenters. The number of hydrogen-bond acceptors (Lipinski definition) is 6. The van der Waals surface area contributed by atoms with E-state index >= 15 is 0 Å². The number of nitrogens with zero attached hydrogens (tertiary/aromatic N) is 7. The lowest BCUT2D eigenvalue weighted by atomic mass is 9.96. The molecule has 2 aliphatic heterocycles. The summed E-state index contributed by atoms with van der Waals surface area (Å²) in [6, 6.07) is 12.3. The molecule has 3 aromatic heterocycles. The van der Waals surface area contributed by atoms with Crippen LogP contribution >= 0.6 is 0 Å². The first kappa shape index (κ1) is 19.3. The first-order chi connectivity index (χ1) is 15.9. The summed E-state index contributed by atoms with van der Waals surface area (Å²) in [5, 5.41) is 10.3. The molecule has 0 saturated carbocycles. The van der Waals surface area contributed by atoms with Gasteiger partial charge in [0.1, 0.15) is 17.5 Å². The molecule has 0 amide bonds. The van der Waals surface area contributed by atoms with Gasteiger partial charge in [-0.2, -0.15) is 0 Å². The molecule has 2 aliphatic rings. The van der Waals surface area contributed by atoms with Gasteiger partial charge in [0, 0.05) is 55.3 Å². The number of fused-ring (bicyclic) bond motifs is 2. The number of anilines is 1. The molecule has 1 atom stereocenters. The van der Waals surface area contributed by atoms with Gasteiger partial charge in [0.2, 0.25) is 0 Å². The van der Waals surface area contributed by atoms with Gasteiger partial charge in [0.25, 0.3) is 0 Å². The first-order valence-corrected chi connectivity index (χ1v) is 11.7. The first-order valence-electron chi connectivity index (χ1n) is 11.7. The second-order valence-corrected chi connectivity index (χ2v) is 8.85. The highest BCUT2D eigenvalue weighted by Crippen LogP contribution is 2.34. The van der Waals surface area contributed by atoms with Crippen molar-refractivity contribution >= 4 is 16.7 Å². The van der Waals surface area contributed by atoms with Crippen molar-refractivity contribution in [1.82, 2.24) is 29.7 Å². The molecule has 0 aliphatic carbocycles. The van der Waals surface area contributed by atoms with Gasteiger partial charge in [0.15, 0.2) is 5.82 Å². The Hall–Kier alpha value is -3.35. The van der Waals surface area contributed by atoms with Crippen molar-refractivity contribution in [3.05, 3.63) is 60.4 Å². The van der Waals surface area contributed by atoms with E-state index in [-0.39, 0.29) is 0 Å². The van der Waals surface area contributed by atoms with Crippen molar-refractivity contribution in [2.75, 3.05) is 18.0 Å². The van der Waals surface area contributed by atoms with Gasteiger partial charge in [-0.3, -0.25) is 4.98 Å². The number of rotatable bonds is 3. The summed E-state index contributed by atoms with van der Waals surface area (Å²) in [6.07, 6.45) is 10.7. The van der Waals surface area contributed by atoms with Crippen LogP contribution in [0.2, 0.25) is 0 Å². The number of pyridine rings is 1. The summed E-state index contributed by atoms with van der Waals surface area (Å²) in [4.78, 5) is 16.6. The van der Waals surface area contributed by atoms with E-state index in [2.05, 4.69) is 42.8 Å². The zero-order valence-corrected chi connectivity index (χ0v) is 18.2. The summed E-state index contributed by atoms with van der Waals surface area (Å²) in [5.74, 6) is 4.44. The van der Waals surface area contributed by atoms with Crippen LogP contribution in [0.25, 0.3) is 22.3 Å². The summed E-state index contributed by atoms with van der Waals surface area (Å²) in [5.41, 5.74) is 1.91. The van der Waals surface area contributed by atoms with Crippen LogP contribution in [0.15, 0.2) is 48.8 Å². The maximum absolute atomic E-state index is 5.05. The lowest BCUT2D eigenvalue weighted by molar-refractivity contribution is 0.464. The average Bonchev–Trinajstić information content (AvgIpc) is 3.12. The molecule has 1 aromatic carbocycles. The average molecular weight is 426 g/mol. The minimum atomic E-state index is 0.374. The number of para-hydroxylation sites is 1. The third-order valence-electron chi connectivity index (χ3n) is 6.73. The molecule has 7 heteroatoms. The second kappa shape index (κ2) is 8.30. The Labute approximate surface area is 187 Å². The Morgan fingerprint density at radius 2 is 1.84 bits per heavy atom. The molecule has 0 bridgehead atoms. The van der Waals surface area contributed by atoms with Gasteiger partial charge in [-0.1, -0.05) is 18.6 Å². The van der Waals surface area contributed by atoms with E-state index in [0.717, 1.165) is 72.8 Å². The maximum atomic E-state index is 5.05. The molecule has 7 nitrogen and oxygen atoms in total. The van der Waals surface area contributed by atoms with E-state index < -0.39 is 0 Å². The smallest absolute Gasteiger partial charge is 0.163 e. The fourth-order valence-electron chi connectivity index (χ4n) is 5.11. The molecule has 4 aromatic rings. The van der Waals surface area contributed by atoms with E-state index in [9.17, 15) is 0 Å². The molecule has 6 rings (SSSR count). The Morgan fingerprint density at radius 1 is 0.875 bits per heavy atom. The Bertz CT molecular complexity index is 1230. The van der Waals surface area contributed by atoms with Crippen molar-refractivity contribution in [1.29, 1.82) is 0 Å². The van der Waals surface area contributed by atoms with Gasteiger partial charge >= 0.3 is 0 Å². The molecular formula is C25H27N7. The Morgan fingerprint density at radius 3 is 2.78 bits per heavy atom. The number of hydrogen-bond donors (Lipinski definition) is 0. The maximum Gasteiger partial charge on any atom is 0.163 e. The predicted molar refractivity (Wildman–Crippen MR) is 125 cm³/mol. The molecular weight excluding hydrogens is 398 g/mol. The van der Waals surface area contributed by atoms with Gasteiger partial charge in [0.05, 0.1) is 5.52 Å². The van der Waals surface area contributed by atoms with Crippen LogP contribution in [0, 0.1) is 0 Å². The van der Waals surface area contributed by atoms with E-state index in [4.69, 9.17) is 9.97 Å². The normalized spacial score (nSPS) is 19.0. The minimum absolute atomic E-state index is 0.374. The minimum Gasteiger partial charge on any atom is -0.355 e. The van der Waals surface area contributed by atoms with Crippen molar-refractivity contribution in [2.24, 2.45) is 0 Å². The molecule has 32 heavy (non-hydrogen) atoms. The number of aromatic nitrogens is 6. The largest absolute Gasteiger partial charge is 0.355 e. The molecule has 1 saturated heterocycles. The fourth-order valence-corrected chi connectivity index (χ4v) is 5.11. The van der Waals surface area contributed by atoms with Gasteiger partial charge < -0.3 is 9.47 Å². The van der Waals surface area contributed by atoms with E-state index in [1.54, 1.807) is 6.20 Å². The highest BCUT2D eigenvalue weighted by molar-refractivity contribution is 5.91. The predicted octanol–water partition coefficient (Wildman–Crippen LogP) is 4.39. The van der Waals surface area contributed by atoms with Crippen LogP contribution in [0.3, 0.4) is 0 Å². The third-order valence-corrected chi connectivity index (χ3v) is 6.73. The van der Waals surface area contributed by atoms with Gasteiger partial charge in [-0.25, -0.2) is 9.97 Å². The zero-order chi connectivity index (χ0) is 21.3. The van der Waals surface area contributed by atoms with Crippen molar-refractivity contribution in [3.63, 3.8) is 0 Å². The van der Waals surface area contributed by atoms with Crippen LogP contribution in [0.1, 0.15) is 49.7 Å². The molecule has 162 valence electrons. The van der Waals surface area contributed by atoms with Crippen molar-refractivity contribution in [2.45, 2.75) is 51.0 Å². The highest BCUT2D eigenvalue weighted by Gasteiger charge is 2.29. The summed E-state index contributed by atoms with van der Waals surface area (Å²) in [6.45, 7) is 2.95. The highest BCUT2D eigenvalue weighted by atomic mass is 15.3. The quantitative estimate of drug-likeness (QED) is 0.485. The zero-order valence-electron chi connectivity index (χ0n) is 18.2. The third kappa shape index (κ3) is 3.51. The summed E-state index contributed by atoms with van der Waals surface area (Å²) >= 11 is 0. The van der Waals surface area contributed by atoms with Crippen LogP contribution in [0.5, 0.6) is 0 Å². The fraction of sp³-hybridized carbons (Fsp3) is 0.400. The number of aryl methyl sites for hydroxylation is 1.